The number of aryl methyl sites for hydroxylation is 1. The number of methoxy groups -OCH3 is 1. The van der Waals surface area contributed by atoms with E-state index in [1.54, 1.807) is 43.5 Å². The van der Waals surface area contributed by atoms with Gasteiger partial charge >= 0.3 is 0 Å². The average Bonchev–Trinajstić information content (AvgIpc) is 2.82. The molecule has 192 valence electrons. The van der Waals surface area contributed by atoms with E-state index in [-0.39, 0.29) is 12.5 Å². The molecule has 0 radical (unpaired) electrons. The van der Waals surface area contributed by atoms with Crippen molar-refractivity contribution in [1.82, 2.24) is 10.2 Å². The lowest BCUT2D eigenvalue weighted by molar-refractivity contribution is -0.140. The molecule has 2 aromatic carbocycles. The average molecular weight is 504 g/mol. The van der Waals surface area contributed by atoms with Crippen molar-refractivity contribution in [3.8, 4) is 5.75 Å². The Balaban J connectivity index is 2.40. The van der Waals surface area contributed by atoms with E-state index in [0.717, 1.165) is 34.5 Å². The van der Waals surface area contributed by atoms with Gasteiger partial charge in [0.1, 0.15) is 18.3 Å². The molecule has 0 aliphatic heterocycles. The predicted molar refractivity (Wildman–Crippen MR) is 139 cm³/mol. The summed E-state index contributed by atoms with van der Waals surface area (Å²) in [6, 6.07) is 13.4. The van der Waals surface area contributed by atoms with Crippen LogP contribution in [0.4, 0.5) is 5.69 Å². The number of ether oxygens (including phenoxy) is 1. The van der Waals surface area contributed by atoms with Crippen molar-refractivity contribution in [3.05, 3.63) is 59.7 Å². The highest BCUT2D eigenvalue weighted by Gasteiger charge is 2.31. The number of benzene rings is 2. The van der Waals surface area contributed by atoms with E-state index in [1.165, 1.54) is 4.90 Å². The molecular weight excluding hydrogens is 466 g/mol. The third-order valence-corrected chi connectivity index (χ3v) is 6.84. The molecule has 0 bridgehead atoms. The number of hydrogen-bond acceptors (Lipinski definition) is 5. The van der Waals surface area contributed by atoms with Crippen molar-refractivity contribution in [3.63, 3.8) is 0 Å². The first-order valence-corrected chi connectivity index (χ1v) is 13.7. The number of nitrogens with zero attached hydrogens (tertiary/aromatic N) is 2. The van der Waals surface area contributed by atoms with Gasteiger partial charge in [0, 0.05) is 13.1 Å². The lowest BCUT2D eigenvalue weighted by atomic mass is 10.1. The molecule has 2 rings (SSSR count). The van der Waals surface area contributed by atoms with E-state index in [9.17, 15) is 18.0 Å². The number of unbranched alkanes of at least 4 members (excludes halogenated alkanes) is 1. The molecule has 1 atom stereocenters. The van der Waals surface area contributed by atoms with E-state index < -0.39 is 28.5 Å². The van der Waals surface area contributed by atoms with Crippen molar-refractivity contribution in [2.24, 2.45) is 0 Å². The Morgan fingerprint density at radius 3 is 2.34 bits per heavy atom. The summed E-state index contributed by atoms with van der Waals surface area (Å²) in [5.74, 6) is -0.0810. The van der Waals surface area contributed by atoms with Crippen LogP contribution in [0.5, 0.6) is 5.75 Å². The van der Waals surface area contributed by atoms with Gasteiger partial charge in [-0.05, 0) is 49.6 Å². The molecule has 2 aromatic rings. The third-order valence-electron chi connectivity index (χ3n) is 5.70. The maximum atomic E-state index is 13.6. The molecule has 0 spiro atoms. The van der Waals surface area contributed by atoms with Crippen LogP contribution >= 0.6 is 0 Å². The fourth-order valence-electron chi connectivity index (χ4n) is 3.72. The molecule has 1 N–H and O–H groups in total. The van der Waals surface area contributed by atoms with E-state index in [0.29, 0.717) is 24.4 Å². The Bertz CT molecular complexity index is 1090. The molecule has 0 fully saturated rings. The number of carbonyl (C=O) groups is 2. The first kappa shape index (κ1) is 28.2. The zero-order valence-corrected chi connectivity index (χ0v) is 22.1. The fourth-order valence-corrected chi connectivity index (χ4v) is 4.57. The molecule has 0 saturated heterocycles. The number of rotatable bonds is 13. The summed E-state index contributed by atoms with van der Waals surface area (Å²) < 4.78 is 31.6. The zero-order valence-electron chi connectivity index (χ0n) is 21.3. The minimum absolute atomic E-state index is 0.140. The summed E-state index contributed by atoms with van der Waals surface area (Å²) >= 11 is 0. The van der Waals surface area contributed by atoms with Gasteiger partial charge in [0.25, 0.3) is 0 Å². The summed E-state index contributed by atoms with van der Waals surface area (Å²) in [6.07, 6.45) is 3.23. The molecule has 9 heteroatoms. The molecule has 8 nitrogen and oxygen atoms in total. The minimum atomic E-state index is -3.75. The smallest absolute Gasteiger partial charge is 0.244 e. The standard InChI is InChI=1S/C26H37N3O5S/c1-6-8-16-27-26(31)24(7-2)28(18-21-10-9-11-23(17-21)34-4)25(30)19-29(35(5,32)33)22-14-12-20(3)13-15-22/h9-15,17,24H,6-8,16,18-19H2,1-5H3,(H,27,31)/t24-/m0/s1. The molecule has 0 aliphatic rings. The van der Waals surface area contributed by atoms with Crippen LogP contribution in [0.15, 0.2) is 48.5 Å². The van der Waals surface area contributed by atoms with Crippen LogP contribution in [0.25, 0.3) is 0 Å². The Kier molecular flexibility index (Phi) is 10.6. The maximum absolute atomic E-state index is 13.6. The van der Waals surface area contributed by atoms with Crippen molar-refractivity contribution < 1.29 is 22.7 Å². The second-order valence-corrected chi connectivity index (χ2v) is 10.5. The van der Waals surface area contributed by atoms with Crippen LogP contribution in [0, 0.1) is 6.92 Å². The highest BCUT2D eigenvalue weighted by atomic mass is 32.2. The van der Waals surface area contributed by atoms with Gasteiger partial charge in [-0.3, -0.25) is 13.9 Å². The molecule has 0 unspecified atom stereocenters. The minimum Gasteiger partial charge on any atom is -0.497 e. The van der Waals surface area contributed by atoms with Gasteiger partial charge in [0.2, 0.25) is 21.8 Å². The topological polar surface area (TPSA) is 96.0 Å². The highest BCUT2D eigenvalue weighted by molar-refractivity contribution is 7.92. The van der Waals surface area contributed by atoms with E-state index in [2.05, 4.69) is 5.32 Å². The normalized spacial score (nSPS) is 12.0. The molecule has 0 heterocycles. The van der Waals surface area contributed by atoms with Gasteiger partial charge in [0.05, 0.1) is 19.1 Å². The molecule has 0 aromatic heterocycles. The lowest BCUT2D eigenvalue weighted by Gasteiger charge is -2.33. The molecule has 2 amide bonds. The third kappa shape index (κ3) is 8.28. The van der Waals surface area contributed by atoms with Crippen LogP contribution in [0.3, 0.4) is 0 Å². The van der Waals surface area contributed by atoms with Crippen molar-refractivity contribution >= 4 is 27.5 Å². The molecular formula is C26H37N3O5S. The number of carbonyl (C=O) groups excluding carboxylic acids is 2. The van der Waals surface area contributed by atoms with Crippen molar-refractivity contribution in [2.45, 2.75) is 52.6 Å². The van der Waals surface area contributed by atoms with Crippen LogP contribution < -0.4 is 14.4 Å². The lowest BCUT2D eigenvalue weighted by Crippen LogP contribution is -2.52. The van der Waals surface area contributed by atoms with Crippen LogP contribution in [0.1, 0.15) is 44.2 Å². The number of hydrogen-bond donors (Lipinski definition) is 1. The van der Waals surface area contributed by atoms with Gasteiger partial charge in [-0.15, -0.1) is 0 Å². The van der Waals surface area contributed by atoms with Gasteiger partial charge in [0.15, 0.2) is 0 Å². The Hall–Kier alpha value is -3.07. The summed E-state index contributed by atoms with van der Waals surface area (Å²) in [6.45, 7) is 6.02. The molecule has 35 heavy (non-hydrogen) atoms. The maximum Gasteiger partial charge on any atom is 0.244 e. The second kappa shape index (κ2) is 13.1. The number of nitrogens with one attached hydrogen (secondary N) is 1. The Labute approximate surface area is 209 Å². The van der Waals surface area contributed by atoms with E-state index in [4.69, 9.17) is 4.74 Å². The highest BCUT2D eigenvalue weighted by Crippen LogP contribution is 2.21. The van der Waals surface area contributed by atoms with Gasteiger partial charge in [-0.2, -0.15) is 0 Å². The first-order valence-electron chi connectivity index (χ1n) is 11.8. The number of amides is 2. The Morgan fingerprint density at radius 2 is 1.77 bits per heavy atom. The van der Waals surface area contributed by atoms with Crippen molar-refractivity contribution in [2.75, 3.05) is 30.8 Å². The summed E-state index contributed by atoms with van der Waals surface area (Å²) in [5.41, 5.74) is 2.15. The van der Waals surface area contributed by atoms with Gasteiger partial charge < -0.3 is 15.0 Å². The summed E-state index contributed by atoms with van der Waals surface area (Å²) in [7, 11) is -2.19. The molecule has 0 aliphatic carbocycles. The van der Waals surface area contributed by atoms with E-state index in [1.807, 2.05) is 32.9 Å². The molecule has 0 saturated carbocycles. The summed E-state index contributed by atoms with van der Waals surface area (Å²) in [5, 5.41) is 2.91. The SMILES string of the molecule is CCCCNC(=O)[C@H](CC)N(Cc1cccc(OC)c1)C(=O)CN(c1ccc(C)cc1)S(C)(=O)=O. The largest absolute Gasteiger partial charge is 0.497 e. The van der Waals surface area contributed by atoms with E-state index >= 15 is 0 Å². The fraction of sp³-hybridized carbons (Fsp3) is 0.462. The zero-order chi connectivity index (χ0) is 26.0. The number of anilines is 1. The monoisotopic (exact) mass is 503 g/mol. The van der Waals surface area contributed by atoms with Gasteiger partial charge in [-0.25, -0.2) is 8.42 Å². The van der Waals surface area contributed by atoms with Crippen LogP contribution in [0.2, 0.25) is 0 Å². The van der Waals surface area contributed by atoms with Crippen molar-refractivity contribution in [1.29, 1.82) is 0 Å². The number of sulfonamides is 1. The predicted octanol–water partition coefficient (Wildman–Crippen LogP) is 3.49. The Morgan fingerprint density at radius 1 is 1.09 bits per heavy atom. The van der Waals surface area contributed by atoms with Gasteiger partial charge in [-0.1, -0.05) is 50.1 Å². The van der Waals surface area contributed by atoms with Crippen LogP contribution in [-0.2, 0) is 26.2 Å². The van der Waals surface area contributed by atoms with Crippen LogP contribution in [-0.4, -0.2) is 57.6 Å². The summed E-state index contributed by atoms with van der Waals surface area (Å²) in [4.78, 5) is 28.1. The first-order chi connectivity index (χ1) is 16.6. The second-order valence-electron chi connectivity index (χ2n) is 8.55. The quantitative estimate of drug-likeness (QED) is 0.422.